The molecule has 0 bridgehead atoms. The molecule has 2 fully saturated rings. The van der Waals surface area contributed by atoms with Gasteiger partial charge in [-0.1, -0.05) is 141 Å². The lowest BCUT2D eigenvalue weighted by Crippen LogP contribution is -2.29. The van der Waals surface area contributed by atoms with E-state index in [0.717, 1.165) is 43.9 Å². The van der Waals surface area contributed by atoms with Gasteiger partial charge in [-0.3, -0.25) is 18.6 Å². The highest BCUT2D eigenvalue weighted by Gasteiger charge is 2.26. The van der Waals surface area contributed by atoms with Gasteiger partial charge in [0, 0.05) is 19.4 Å². The highest BCUT2D eigenvalue weighted by Crippen LogP contribution is 2.43. The summed E-state index contributed by atoms with van der Waals surface area (Å²) < 4.78 is 32.6. The Morgan fingerprint density at radius 3 is 1.58 bits per heavy atom. The summed E-state index contributed by atoms with van der Waals surface area (Å²) in [5.41, 5.74) is 5.33. The fourth-order valence-electron chi connectivity index (χ4n) is 5.89. The molecule has 2 rings (SSSR count). The number of carbonyl (C=O) groups excluding carboxylic acids is 2. The van der Waals surface area contributed by atoms with Crippen LogP contribution in [0.4, 0.5) is 0 Å². The van der Waals surface area contributed by atoms with Gasteiger partial charge in [-0.05, 0) is 24.7 Å². The van der Waals surface area contributed by atoms with Crippen molar-refractivity contribution >= 4 is 19.8 Å². The third-order valence-corrected chi connectivity index (χ3v) is 10.2. The van der Waals surface area contributed by atoms with Crippen molar-refractivity contribution < 1.29 is 37.6 Å². The summed E-state index contributed by atoms with van der Waals surface area (Å²) in [6, 6.07) is 0. The summed E-state index contributed by atoms with van der Waals surface area (Å²) in [4.78, 5) is 34.6. The Hall–Kier alpha value is -0.990. The Balaban J connectivity index is 1.52. The van der Waals surface area contributed by atoms with Crippen molar-refractivity contribution in [1.82, 2.24) is 0 Å². The Kier molecular flexibility index (Phi) is 23.2. The molecule has 0 aromatic carbocycles. The zero-order valence-corrected chi connectivity index (χ0v) is 29.2. The number of ether oxygens (including phenoxy) is 2. The van der Waals surface area contributed by atoms with Crippen molar-refractivity contribution in [2.45, 2.75) is 173 Å². The highest BCUT2D eigenvalue weighted by molar-refractivity contribution is 7.47. The summed E-state index contributed by atoms with van der Waals surface area (Å²) in [6.07, 6.45) is 29.4. The summed E-state index contributed by atoms with van der Waals surface area (Å²) in [5, 5.41) is 0. The molecule has 0 aliphatic heterocycles. The number of nitrogens with two attached hydrogens (primary N) is 1. The van der Waals surface area contributed by atoms with Crippen LogP contribution in [0.1, 0.15) is 167 Å². The second kappa shape index (κ2) is 26.0. The van der Waals surface area contributed by atoms with Crippen molar-refractivity contribution in [3.63, 3.8) is 0 Å². The van der Waals surface area contributed by atoms with E-state index in [4.69, 9.17) is 24.3 Å². The van der Waals surface area contributed by atoms with Crippen molar-refractivity contribution in [1.29, 1.82) is 0 Å². The molecular weight excluding hydrogens is 593 g/mol. The van der Waals surface area contributed by atoms with Crippen LogP contribution in [-0.4, -0.2) is 49.3 Å². The van der Waals surface area contributed by atoms with Crippen LogP contribution in [0.15, 0.2) is 0 Å². The Labute approximate surface area is 274 Å². The third-order valence-electron chi connectivity index (χ3n) is 9.18. The molecule has 2 saturated carbocycles. The summed E-state index contributed by atoms with van der Waals surface area (Å²) >= 11 is 0. The molecule has 0 amide bonds. The van der Waals surface area contributed by atoms with E-state index in [1.54, 1.807) is 0 Å². The number of phosphoric ester groups is 1. The molecule has 0 heterocycles. The first-order chi connectivity index (χ1) is 21.9. The van der Waals surface area contributed by atoms with Crippen LogP contribution in [0, 0.1) is 11.8 Å². The van der Waals surface area contributed by atoms with Gasteiger partial charge in [0.2, 0.25) is 0 Å². The number of hydrogen-bond acceptors (Lipinski definition) is 8. The van der Waals surface area contributed by atoms with Crippen molar-refractivity contribution in [2.24, 2.45) is 17.6 Å². The van der Waals surface area contributed by atoms with Gasteiger partial charge in [-0.15, -0.1) is 0 Å². The van der Waals surface area contributed by atoms with Crippen LogP contribution in [0.5, 0.6) is 0 Å². The maximum atomic E-state index is 12.5. The molecular formula is C35H66NO8P. The summed E-state index contributed by atoms with van der Waals surface area (Å²) in [7, 11) is -4.35. The van der Waals surface area contributed by atoms with Crippen molar-refractivity contribution in [3.8, 4) is 0 Å². The maximum absolute atomic E-state index is 12.5. The molecule has 2 aliphatic rings. The van der Waals surface area contributed by atoms with E-state index >= 15 is 0 Å². The number of unbranched alkanes of at least 4 members (excludes halogenated alkanes) is 15. The first-order valence-corrected chi connectivity index (χ1v) is 20.0. The molecule has 10 heteroatoms. The Morgan fingerprint density at radius 1 is 0.644 bits per heavy atom. The second-order valence-corrected chi connectivity index (χ2v) is 15.0. The molecule has 3 N–H and O–H groups in total. The van der Waals surface area contributed by atoms with Crippen molar-refractivity contribution in [2.75, 3.05) is 26.4 Å². The lowest BCUT2D eigenvalue weighted by atomic mass is 9.81. The zero-order chi connectivity index (χ0) is 32.4. The quantitative estimate of drug-likeness (QED) is 0.0412. The number of phosphoric acid groups is 1. The Morgan fingerprint density at radius 2 is 1.11 bits per heavy atom. The molecule has 0 spiro atoms. The zero-order valence-electron chi connectivity index (χ0n) is 28.3. The van der Waals surface area contributed by atoms with Gasteiger partial charge in [0.25, 0.3) is 0 Å². The first kappa shape index (κ1) is 40.2. The van der Waals surface area contributed by atoms with Gasteiger partial charge in [0.1, 0.15) is 6.61 Å². The molecule has 2 aliphatic carbocycles. The van der Waals surface area contributed by atoms with Crippen LogP contribution in [0.2, 0.25) is 0 Å². The van der Waals surface area contributed by atoms with Crippen molar-refractivity contribution in [3.05, 3.63) is 0 Å². The van der Waals surface area contributed by atoms with Gasteiger partial charge >= 0.3 is 19.8 Å². The summed E-state index contributed by atoms with van der Waals surface area (Å²) in [6.45, 7) is -0.736. The fourth-order valence-corrected chi connectivity index (χ4v) is 6.66. The van der Waals surface area contributed by atoms with Crippen LogP contribution in [0.25, 0.3) is 0 Å². The number of hydrogen-bond donors (Lipinski definition) is 2. The highest BCUT2D eigenvalue weighted by atomic mass is 31.2. The van der Waals surface area contributed by atoms with E-state index in [0.29, 0.717) is 12.8 Å². The third kappa shape index (κ3) is 23.9. The smallest absolute Gasteiger partial charge is 0.462 e. The number of carbonyl (C=O) groups is 2. The lowest BCUT2D eigenvalue weighted by molar-refractivity contribution is -0.161. The average molecular weight is 660 g/mol. The van der Waals surface area contributed by atoms with Crippen LogP contribution < -0.4 is 5.73 Å². The minimum Gasteiger partial charge on any atom is -0.462 e. The second-order valence-electron chi connectivity index (χ2n) is 13.5. The van der Waals surface area contributed by atoms with Crippen LogP contribution in [-0.2, 0) is 32.7 Å². The monoisotopic (exact) mass is 659 g/mol. The molecule has 1 unspecified atom stereocenters. The molecule has 264 valence electrons. The van der Waals surface area contributed by atoms with E-state index in [1.165, 1.54) is 116 Å². The minimum atomic E-state index is -4.35. The van der Waals surface area contributed by atoms with E-state index in [1.807, 2.05) is 0 Å². The molecule has 0 aromatic heterocycles. The van der Waals surface area contributed by atoms with Gasteiger partial charge in [0.15, 0.2) is 6.10 Å². The van der Waals surface area contributed by atoms with Gasteiger partial charge in [-0.25, -0.2) is 4.57 Å². The molecule has 0 aromatic rings. The lowest BCUT2D eigenvalue weighted by Gasteiger charge is -2.24. The molecule has 45 heavy (non-hydrogen) atoms. The van der Waals surface area contributed by atoms with Crippen LogP contribution in [0.3, 0.4) is 0 Å². The van der Waals surface area contributed by atoms with E-state index in [-0.39, 0.29) is 32.1 Å². The molecule has 9 nitrogen and oxygen atoms in total. The molecule has 0 saturated heterocycles. The van der Waals surface area contributed by atoms with E-state index in [2.05, 4.69) is 0 Å². The molecule has 0 radical (unpaired) electrons. The topological polar surface area (TPSA) is 134 Å². The molecule has 2 atom stereocenters. The van der Waals surface area contributed by atoms with E-state index < -0.39 is 26.5 Å². The SMILES string of the molecule is NCCOP(=O)(O)OC[C@H](COC(=O)CCCCCCCCCCC1CCC1)OC(=O)CCCCCCCCCCCC1CC1. The number of rotatable bonds is 32. The number of esters is 2. The largest absolute Gasteiger partial charge is 0.472 e. The van der Waals surface area contributed by atoms with Crippen LogP contribution >= 0.6 is 7.82 Å². The maximum Gasteiger partial charge on any atom is 0.472 e. The Bertz CT molecular complexity index is 805. The van der Waals surface area contributed by atoms with E-state index in [9.17, 15) is 19.0 Å². The fraction of sp³-hybridized carbons (Fsp3) is 0.943. The first-order valence-electron chi connectivity index (χ1n) is 18.5. The normalized spacial score (nSPS) is 17.0. The van der Waals surface area contributed by atoms with Gasteiger partial charge in [-0.2, -0.15) is 0 Å². The standard InChI is InChI=1S/C35H66NO8P/c36-27-28-42-45(39,40)43-30-33(44-35(38)24-17-13-9-3-1-2-6-11-15-20-32-25-26-32)29-41-34(37)23-16-12-8-5-4-7-10-14-19-31-21-18-22-31/h31-33H,1-30,36H2,(H,39,40)/t33-/m0/s1. The predicted molar refractivity (Wildman–Crippen MR) is 179 cm³/mol. The minimum absolute atomic E-state index is 0.0602. The van der Waals surface area contributed by atoms with Gasteiger partial charge < -0.3 is 20.1 Å². The predicted octanol–water partition coefficient (Wildman–Crippen LogP) is 8.94. The summed E-state index contributed by atoms with van der Waals surface area (Å²) in [5.74, 6) is 1.24. The average Bonchev–Trinajstić information content (AvgIpc) is 3.82. The van der Waals surface area contributed by atoms with Gasteiger partial charge in [0.05, 0.1) is 13.2 Å².